The van der Waals surface area contributed by atoms with Crippen molar-refractivity contribution in [3.8, 4) is 5.75 Å². The number of fused-ring (bicyclic) bond motifs is 1. The first kappa shape index (κ1) is 20.5. The van der Waals surface area contributed by atoms with Crippen LogP contribution >= 0.6 is 23.4 Å². The van der Waals surface area contributed by atoms with Gasteiger partial charge in [0.15, 0.2) is 5.17 Å². The summed E-state index contributed by atoms with van der Waals surface area (Å²) in [4.78, 5) is 30.2. The van der Waals surface area contributed by atoms with Gasteiger partial charge in [0.25, 0.3) is 5.91 Å². The number of nitrogens with one attached hydrogen (secondary N) is 1. The van der Waals surface area contributed by atoms with Crippen molar-refractivity contribution in [2.75, 3.05) is 19.4 Å². The minimum atomic E-state index is -0.179. The van der Waals surface area contributed by atoms with Crippen molar-refractivity contribution in [2.24, 2.45) is 4.99 Å². The number of hydrogen-bond donors (Lipinski definition) is 1. The molecule has 0 aliphatic carbocycles. The molecule has 1 aromatic heterocycles. The molecule has 2 aromatic carbocycles. The molecule has 0 unspecified atom stereocenters. The SMILES string of the molecule is COc1ccc2c(c1)c(CC(=O)NC1=NCCS1)c(C)n2C(=O)c1ccc(Cl)cc1. The predicted octanol–water partition coefficient (Wildman–Crippen LogP) is 4.06. The van der Waals surface area contributed by atoms with Crippen LogP contribution in [0.25, 0.3) is 10.9 Å². The van der Waals surface area contributed by atoms with Gasteiger partial charge in [0.05, 0.1) is 25.6 Å². The molecule has 1 amide bonds. The van der Waals surface area contributed by atoms with Crippen molar-refractivity contribution < 1.29 is 14.3 Å². The molecule has 1 N–H and O–H groups in total. The van der Waals surface area contributed by atoms with E-state index in [1.54, 1.807) is 42.0 Å². The topological polar surface area (TPSA) is 72.7 Å². The summed E-state index contributed by atoms with van der Waals surface area (Å²) in [7, 11) is 1.59. The van der Waals surface area contributed by atoms with E-state index in [4.69, 9.17) is 16.3 Å². The highest BCUT2D eigenvalue weighted by atomic mass is 35.5. The van der Waals surface area contributed by atoms with Crippen molar-refractivity contribution >= 4 is 51.2 Å². The standard InChI is InChI=1S/C22H20ClN3O3S/c1-13-17(12-20(27)25-22-24-9-10-30-22)18-11-16(29-2)7-8-19(18)26(13)21(28)14-3-5-15(23)6-4-14/h3-8,11H,9-10,12H2,1-2H3,(H,24,25,27). The number of methoxy groups -OCH3 is 1. The van der Waals surface area contributed by atoms with E-state index in [-0.39, 0.29) is 18.2 Å². The summed E-state index contributed by atoms with van der Waals surface area (Å²) in [6.07, 6.45) is 0.135. The lowest BCUT2D eigenvalue weighted by Gasteiger charge is -2.08. The Morgan fingerprint density at radius 3 is 2.67 bits per heavy atom. The minimum absolute atomic E-state index is 0.135. The van der Waals surface area contributed by atoms with Crippen LogP contribution in [0.4, 0.5) is 0 Å². The second kappa shape index (κ2) is 8.53. The number of amides is 1. The number of amidine groups is 1. The molecular formula is C22H20ClN3O3S. The highest BCUT2D eigenvalue weighted by Crippen LogP contribution is 2.31. The van der Waals surface area contributed by atoms with Gasteiger partial charge in [-0.1, -0.05) is 23.4 Å². The maximum Gasteiger partial charge on any atom is 0.262 e. The molecule has 1 aliphatic heterocycles. The lowest BCUT2D eigenvalue weighted by Crippen LogP contribution is -2.29. The molecular weight excluding hydrogens is 422 g/mol. The number of ether oxygens (including phenoxy) is 1. The Morgan fingerprint density at radius 2 is 2.00 bits per heavy atom. The van der Waals surface area contributed by atoms with E-state index in [9.17, 15) is 9.59 Å². The van der Waals surface area contributed by atoms with Crippen LogP contribution in [0.2, 0.25) is 5.02 Å². The van der Waals surface area contributed by atoms with Crippen molar-refractivity contribution in [3.05, 3.63) is 64.3 Å². The molecule has 30 heavy (non-hydrogen) atoms. The van der Waals surface area contributed by atoms with Gasteiger partial charge >= 0.3 is 0 Å². The molecule has 154 valence electrons. The summed E-state index contributed by atoms with van der Waals surface area (Å²) in [6.45, 7) is 2.57. The van der Waals surface area contributed by atoms with Crippen LogP contribution in [0.5, 0.6) is 5.75 Å². The third kappa shape index (κ3) is 3.95. The normalized spacial score (nSPS) is 13.4. The summed E-state index contributed by atoms with van der Waals surface area (Å²) in [5, 5.41) is 4.88. The highest BCUT2D eigenvalue weighted by Gasteiger charge is 2.22. The van der Waals surface area contributed by atoms with Crippen molar-refractivity contribution in [1.82, 2.24) is 9.88 Å². The number of aromatic nitrogens is 1. The highest BCUT2D eigenvalue weighted by molar-refractivity contribution is 8.14. The lowest BCUT2D eigenvalue weighted by atomic mass is 10.1. The second-order valence-corrected chi connectivity index (χ2v) is 8.37. The first-order chi connectivity index (χ1) is 14.5. The van der Waals surface area contributed by atoms with E-state index in [1.807, 2.05) is 19.1 Å². The molecule has 0 fully saturated rings. The first-order valence-corrected chi connectivity index (χ1v) is 10.8. The van der Waals surface area contributed by atoms with Gasteiger partial charge in [-0.25, -0.2) is 0 Å². The number of rotatable bonds is 4. The summed E-state index contributed by atoms with van der Waals surface area (Å²) in [5.41, 5.74) is 2.74. The number of hydrogen-bond acceptors (Lipinski definition) is 5. The van der Waals surface area contributed by atoms with Gasteiger partial charge in [0.1, 0.15) is 5.75 Å². The van der Waals surface area contributed by atoms with E-state index in [2.05, 4.69) is 10.3 Å². The molecule has 0 radical (unpaired) electrons. The Morgan fingerprint density at radius 1 is 1.23 bits per heavy atom. The van der Waals surface area contributed by atoms with Gasteiger partial charge in [0, 0.05) is 27.4 Å². The minimum Gasteiger partial charge on any atom is -0.497 e. The van der Waals surface area contributed by atoms with Crippen LogP contribution < -0.4 is 10.1 Å². The average Bonchev–Trinajstić information content (AvgIpc) is 3.34. The van der Waals surface area contributed by atoms with Crippen molar-refractivity contribution in [1.29, 1.82) is 0 Å². The van der Waals surface area contributed by atoms with Crippen LogP contribution in [-0.2, 0) is 11.2 Å². The van der Waals surface area contributed by atoms with Crippen LogP contribution in [-0.4, -0.2) is 41.0 Å². The van der Waals surface area contributed by atoms with Crippen molar-refractivity contribution in [2.45, 2.75) is 13.3 Å². The molecule has 0 bridgehead atoms. The van der Waals surface area contributed by atoms with Gasteiger partial charge < -0.3 is 10.1 Å². The molecule has 3 aromatic rings. The number of carbonyl (C=O) groups is 2. The molecule has 2 heterocycles. The third-order valence-corrected chi connectivity index (χ3v) is 6.15. The molecule has 4 rings (SSSR count). The molecule has 8 heteroatoms. The van der Waals surface area contributed by atoms with Gasteiger partial charge in [0.2, 0.25) is 5.91 Å². The summed E-state index contributed by atoms with van der Waals surface area (Å²) < 4.78 is 7.01. The number of benzene rings is 2. The van der Waals surface area contributed by atoms with Crippen LogP contribution in [0.1, 0.15) is 21.6 Å². The Balaban J connectivity index is 1.77. The number of carbonyl (C=O) groups excluding carboxylic acids is 2. The number of nitrogens with zero attached hydrogens (tertiary/aromatic N) is 2. The smallest absolute Gasteiger partial charge is 0.262 e. The average molecular weight is 442 g/mol. The van der Waals surface area contributed by atoms with Crippen LogP contribution in [0, 0.1) is 6.92 Å². The number of halogens is 1. The molecule has 1 aliphatic rings. The Kier molecular flexibility index (Phi) is 5.83. The molecule has 0 saturated carbocycles. The zero-order chi connectivity index (χ0) is 21.3. The maximum absolute atomic E-state index is 13.3. The zero-order valence-electron chi connectivity index (χ0n) is 16.6. The fraction of sp³-hybridized carbons (Fsp3) is 0.227. The fourth-order valence-electron chi connectivity index (χ4n) is 3.53. The van der Waals surface area contributed by atoms with Gasteiger partial charge in [-0.3, -0.25) is 19.1 Å². The van der Waals surface area contributed by atoms with E-state index >= 15 is 0 Å². The maximum atomic E-state index is 13.3. The fourth-order valence-corrected chi connectivity index (χ4v) is 4.40. The first-order valence-electron chi connectivity index (χ1n) is 9.43. The van der Waals surface area contributed by atoms with E-state index in [1.165, 1.54) is 11.8 Å². The zero-order valence-corrected chi connectivity index (χ0v) is 18.1. The summed E-state index contributed by atoms with van der Waals surface area (Å²) >= 11 is 7.50. The molecule has 0 saturated heterocycles. The van der Waals surface area contributed by atoms with E-state index in [0.717, 1.165) is 27.9 Å². The number of thioether (sulfide) groups is 1. The van der Waals surface area contributed by atoms with E-state index in [0.29, 0.717) is 28.0 Å². The Bertz CT molecular complexity index is 1170. The van der Waals surface area contributed by atoms with Gasteiger partial charge in [-0.15, -0.1) is 0 Å². The predicted molar refractivity (Wildman–Crippen MR) is 121 cm³/mol. The summed E-state index contributed by atoms with van der Waals surface area (Å²) in [5.74, 6) is 1.20. The number of aliphatic imine (C=N–C) groups is 1. The second-order valence-electron chi connectivity index (χ2n) is 6.85. The Labute approximate surface area is 183 Å². The lowest BCUT2D eigenvalue weighted by molar-refractivity contribution is -0.119. The van der Waals surface area contributed by atoms with Crippen molar-refractivity contribution in [3.63, 3.8) is 0 Å². The molecule has 6 nitrogen and oxygen atoms in total. The molecule has 0 spiro atoms. The van der Waals surface area contributed by atoms with Gasteiger partial charge in [-0.05, 0) is 55.0 Å². The molecule has 0 atom stereocenters. The largest absolute Gasteiger partial charge is 0.497 e. The van der Waals surface area contributed by atoms with E-state index < -0.39 is 0 Å². The van der Waals surface area contributed by atoms with Crippen LogP contribution in [0.3, 0.4) is 0 Å². The quantitative estimate of drug-likeness (QED) is 0.662. The van der Waals surface area contributed by atoms with Gasteiger partial charge in [-0.2, -0.15) is 0 Å². The summed E-state index contributed by atoms with van der Waals surface area (Å²) in [6, 6.07) is 12.3. The Hall–Kier alpha value is -2.77. The van der Waals surface area contributed by atoms with Crippen LogP contribution in [0.15, 0.2) is 47.5 Å². The third-order valence-electron chi connectivity index (χ3n) is 5.01. The monoisotopic (exact) mass is 441 g/mol.